The molecule has 1 atom stereocenters. The number of esters is 3. The number of hydrogen-bond donors (Lipinski definition) is 0. The van der Waals surface area contributed by atoms with E-state index in [2.05, 4.69) is 106 Å². The topological polar surface area (TPSA) is 78.9 Å². The van der Waals surface area contributed by atoms with Crippen LogP contribution >= 0.6 is 0 Å². The van der Waals surface area contributed by atoms with E-state index in [1.165, 1.54) is 141 Å². The van der Waals surface area contributed by atoms with Gasteiger partial charge in [-0.25, -0.2) is 0 Å². The van der Waals surface area contributed by atoms with Gasteiger partial charge in [0, 0.05) is 19.3 Å². The van der Waals surface area contributed by atoms with E-state index >= 15 is 0 Å². The molecular weight excluding hydrogens is 913 g/mol. The summed E-state index contributed by atoms with van der Waals surface area (Å²) in [6.45, 7) is 6.43. The lowest BCUT2D eigenvalue weighted by molar-refractivity contribution is -0.167. The molecule has 0 saturated heterocycles. The molecule has 0 aromatic heterocycles. The third kappa shape index (κ3) is 59.0. The van der Waals surface area contributed by atoms with Gasteiger partial charge in [-0.1, -0.05) is 278 Å². The summed E-state index contributed by atoms with van der Waals surface area (Å²) in [4.78, 5) is 38.3. The lowest BCUT2D eigenvalue weighted by Crippen LogP contribution is -2.30. The van der Waals surface area contributed by atoms with Crippen molar-refractivity contribution in [2.75, 3.05) is 13.2 Å². The molecule has 0 aliphatic heterocycles. The van der Waals surface area contributed by atoms with Gasteiger partial charge >= 0.3 is 17.9 Å². The Bertz CT molecular complexity index is 1510. The Balaban J connectivity index is 4.45. The largest absolute Gasteiger partial charge is 0.462 e. The van der Waals surface area contributed by atoms with E-state index < -0.39 is 6.10 Å². The second kappa shape index (κ2) is 61.6. The zero-order valence-corrected chi connectivity index (χ0v) is 48.3. The van der Waals surface area contributed by atoms with Gasteiger partial charge in [-0.2, -0.15) is 0 Å². The minimum atomic E-state index is -0.797. The molecule has 0 amide bonds. The normalized spacial score (nSPS) is 12.9. The fourth-order valence-electron chi connectivity index (χ4n) is 8.48. The highest BCUT2D eigenvalue weighted by molar-refractivity contribution is 5.71. The van der Waals surface area contributed by atoms with Crippen LogP contribution < -0.4 is 0 Å². The summed E-state index contributed by atoms with van der Waals surface area (Å²) >= 11 is 0. The van der Waals surface area contributed by atoms with Crippen molar-refractivity contribution < 1.29 is 28.6 Å². The first-order valence-corrected chi connectivity index (χ1v) is 31.0. The molecule has 0 radical (unpaired) electrons. The molecule has 0 rings (SSSR count). The smallest absolute Gasteiger partial charge is 0.306 e. The number of carbonyl (C=O) groups excluding carboxylic acids is 3. The zero-order valence-electron chi connectivity index (χ0n) is 48.3. The summed E-state index contributed by atoms with van der Waals surface area (Å²) in [5.41, 5.74) is 0. The van der Waals surface area contributed by atoms with Crippen LogP contribution in [0.4, 0.5) is 0 Å². The Morgan fingerprint density at radius 1 is 0.297 bits per heavy atom. The number of unbranched alkanes of at least 4 members (excludes halogenated alkanes) is 30. The third-order valence-corrected chi connectivity index (χ3v) is 13.1. The van der Waals surface area contributed by atoms with Crippen LogP contribution in [0.2, 0.25) is 0 Å². The number of carbonyl (C=O) groups is 3. The quantitative estimate of drug-likeness (QED) is 0.0199. The second-order valence-corrected chi connectivity index (χ2v) is 20.3. The van der Waals surface area contributed by atoms with E-state index in [1.807, 2.05) is 24.3 Å². The maximum absolute atomic E-state index is 12.9. The van der Waals surface area contributed by atoms with Crippen LogP contribution in [0.5, 0.6) is 0 Å². The van der Waals surface area contributed by atoms with E-state index in [0.29, 0.717) is 19.3 Å². The standard InChI is InChI=1S/C68H114O6/c1-4-7-10-13-16-19-22-25-28-31-34-37-40-43-46-49-52-55-58-61-67(70)73-64-65(63-72-66(69)60-57-54-51-48-45-42-39-36-33-30-27-24-21-18-15-12-9-6-3)74-68(71)62-59-56-53-50-47-44-41-38-35-32-29-26-23-20-17-14-11-8-5-2/h7,10,12,15-16,18-19,21,24-25,27-28,30,32-33,35-36,39,65H,4-6,8-9,11,13-14,17,20,22-23,26,29,31,34,37-38,40-64H2,1-3H3/b10-7-,15-12-,19-16-,21-18-,27-24-,28-25-,33-30-,35-32-,39-36-. The Morgan fingerprint density at radius 2 is 0.608 bits per heavy atom. The molecule has 0 bridgehead atoms. The van der Waals surface area contributed by atoms with E-state index in [1.54, 1.807) is 0 Å². The van der Waals surface area contributed by atoms with Crippen LogP contribution in [0.3, 0.4) is 0 Å². The first-order valence-electron chi connectivity index (χ1n) is 31.0. The molecule has 0 aliphatic carbocycles. The molecule has 0 aromatic rings. The van der Waals surface area contributed by atoms with Crippen LogP contribution in [-0.2, 0) is 28.6 Å². The van der Waals surface area contributed by atoms with Crippen molar-refractivity contribution in [3.8, 4) is 0 Å². The van der Waals surface area contributed by atoms with Crippen LogP contribution in [0.15, 0.2) is 109 Å². The molecule has 0 fully saturated rings. The summed E-state index contributed by atoms with van der Waals surface area (Å²) in [6.07, 6.45) is 83.6. The Kier molecular flexibility index (Phi) is 58.3. The van der Waals surface area contributed by atoms with Gasteiger partial charge in [0.1, 0.15) is 13.2 Å². The molecule has 0 N–H and O–H groups in total. The first kappa shape index (κ1) is 70.1. The first-order chi connectivity index (χ1) is 36.5. The third-order valence-electron chi connectivity index (χ3n) is 13.1. The maximum Gasteiger partial charge on any atom is 0.306 e. The highest BCUT2D eigenvalue weighted by Gasteiger charge is 2.19. The number of ether oxygens (including phenoxy) is 3. The lowest BCUT2D eigenvalue weighted by atomic mass is 10.1. The number of allylic oxidation sites excluding steroid dienone is 18. The van der Waals surface area contributed by atoms with Gasteiger partial charge in [0.15, 0.2) is 6.10 Å². The fourth-order valence-corrected chi connectivity index (χ4v) is 8.48. The molecule has 0 aromatic carbocycles. The van der Waals surface area contributed by atoms with Crippen LogP contribution in [0.1, 0.15) is 284 Å². The summed E-state index contributed by atoms with van der Waals surface area (Å²) in [7, 11) is 0. The molecule has 0 aliphatic rings. The van der Waals surface area contributed by atoms with Gasteiger partial charge in [-0.3, -0.25) is 14.4 Å². The summed E-state index contributed by atoms with van der Waals surface area (Å²) in [6, 6.07) is 0. The van der Waals surface area contributed by atoms with Gasteiger partial charge in [-0.05, 0) is 96.3 Å². The SMILES string of the molecule is CC/C=C\C/C=C\C/C=C\CCCCCCCCCCCC(=O)OCC(COC(=O)CCCCCCC\C=C/C=C\C=C/C=C\C=C/CCC)OC(=O)CCCCCCCCC/C=C\CCCCCCCCCC. The minimum Gasteiger partial charge on any atom is -0.462 e. The summed E-state index contributed by atoms with van der Waals surface area (Å²) in [5.74, 6) is -0.921. The molecule has 422 valence electrons. The predicted octanol–water partition coefficient (Wildman–Crippen LogP) is 21.0. The monoisotopic (exact) mass is 1030 g/mol. The van der Waals surface area contributed by atoms with E-state index in [9.17, 15) is 14.4 Å². The van der Waals surface area contributed by atoms with Crippen molar-refractivity contribution in [2.24, 2.45) is 0 Å². The second-order valence-electron chi connectivity index (χ2n) is 20.3. The van der Waals surface area contributed by atoms with Crippen molar-refractivity contribution in [2.45, 2.75) is 290 Å². The van der Waals surface area contributed by atoms with Gasteiger partial charge < -0.3 is 14.2 Å². The van der Waals surface area contributed by atoms with Crippen molar-refractivity contribution in [3.05, 3.63) is 109 Å². The molecule has 1 unspecified atom stereocenters. The lowest BCUT2D eigenvalue weighted by Gasteiger charge is -2.18. The van der Waals surface area contributed by atoms with Gasteiger partial charge in [-0.15, -0.1) is 0 Å². The maximum atomic E-state index is 12.9. The highest BCUT2D eigenvalue weighted by Crippen LogP contribution is 2.16. The van der Waals surface area contributed by atoms with Crippen molar-refractivity contribution in [1.29, 1.82) is 0 Å². The van der Waals surface area contributed by atoms with Gasteiger partial charge in [0.2, 0.25) is 0 Å². The van der Waals surface area contributed by atoms with Crippen LogP contribution in [0.25, 0.3) is 0 Å². The molecule has 0 spiro atoms. The van der Waals surface area contributed by atoms with Gasteiger partial charge in [0.25, 0.3) is 0 Å². The molecule has 0 heterocycles. The van der Waals surface area contributed by atoms with Gasteiger partial charge in [0.05, 0.1) is 0 Å². The highest BCUT2D eigenvalue weighted by atomic mass is 16.6. The van der Waals surface area contributed by atoms with Crippen molar-refractivity contribution in [3.63, 3.8) is 0 Å². The van der Waals surface area contributed by atoms with Crippen molar-refractivity contribution >= 4 is 17.9 Å². The van der Waals surface area contributed by atoms with Crippen LogP contribution in [-0.4, -0.2) is 37.2 Å². The summed E-state index contributed by atoms with van der Waals surface area (Å²) in [5, 5.41) is 0. The zero-order chi connectivity index (χ0) is 53.6. The summed E-state index contributed by atoms with van der Waals surface area (Å²) < 4.78 is 16.9. The number of rotatable bonds is 55. The van der Waals surface area contributed by atoms with Crippen LogP contribution in [0, 0.1) is 0 Å². The van der Waals surface area contributed by atoms with Crippen molar-refractivity contribution in [1.82, 2.24) is 0 Å². The molecule has 0 saturated carbocycles. The van der Waals surface area contributed by atoms with E-state index in [-0.39, 0.29) is 31.1 Å². The predicted molar refractivity (Wildman–Crippen MR) is 320 cm³/mol. The Morgan fingerprint density at radius 3 is 1.01 bits per heavy atom. The molecular formula is C68H114O6. The minimum absolute atomic E-state index is 0.0920. The number of hydrogen-bond acceptors (Lipinski definition) is 6. The van der Waals surface area contributed by atoms with E-state index in [0.717, 1.165) is 103 Å². The molecule has 6 nitrogen and oxygen atoms in total. The van der Waals surface area contributed by atoms with E-state index in [4.69, 9.17) is 14.2 Å². The molecule has 74 heavy (non-hydrogen) atoms. The fraction of sp³-hybridized carbons (Fsp3) is 0.691. The Labute approximate surface area is 457 Å². The Hall–Kier alpha value is -3.93. The average molecular weight is 1030 g/mol. The average Bonchev–Trinajstić information content (AvgIpc) is 3.40. The molecule has 6 heteroatoms.